The predicted molar refractivity (Wildman–Crippen MR) is 235 cm³/mol. The molecule has 0 saturated heterocycles. The molecule has 0 aromatic heterocycles. The molecule has 0 aromatic rings. The Morgan fingerprint density at radius 3 is 1.13 bits per heavy atom. The van der Waals surface area contributed by atoms with E-state index in [0.29, 0.717) is 45.6 Å². The largest absolute Gasteiger partial charge is 0.481 e. The maximum absolute atomic E-state index is 12.2. The summed E-state index contributed by atoms with van der Waals surface area (Å²) in [5.41, 5.74) is 0. The Labute approximate surface area is 339 Å². The Morgan fingerprint density at radius 2 is 0.764 bits per heavy atom. The standard InChI is InChI=1S/C46H89N5O4/c1-3-5-7-9-11-13-15-17-19-21-23-25-27-29-31-33-45(53)50-38-36-48-40-43-51(41-34-46(54)55)42-39-47-35-37-49-44(52)32-30-28-26-24-22-20-18-16-14-12-10-8-6-4-2/h16-19,47-48H,3-15,20-43H2,1-2H3,(H,49,52)(H,50,53)(H,54,55). The first-order valence-electron chi connectivity index (χ1n) is 23.2. The number of aliphatic carboxylic acids is 1. The lowest BCUT2D eigenvalue weighted by atomic mass is 10.1. The van der Waals surface area contributed by atoms with Crippen LogP contribution in [0.4, 0.5) is 0 Å². The molecule has 0 spiro atoms. The van der Waals surface area contributed by atoms with E-state index >= 15 is 0 Å². The average Bonchev–Trinajstić information content (AvgIpc) is 3.17. The van der Waals surface area contributed by atoms with Crippen LogP contribution in [0, 0.1) is 0 Å². The van der Waals surface area contributed by atoms with Crippen LogP contribution in [0.25, 0.3) is 0 Å². The summed E-state index contributed by atoms with van der Waals surface area (Å²) >= 11 is 0. The van der Waals surface area contributed by atoms with Crippen molar-refractivity contribution in [1.82, 2.24) is 26.2 Å². The van der Waals surface area contributed by atoms with Gasteiger partial charge in [-0.3, -0.25) is 14.4 Å². The van der Waals surface area contributed by atoms with Crippen molar-refractivity contribution in [2.24, 2.45) is 0 Å². The molecule has 0 fully saturated rings. The lowest BCUT2D eigenvalue weighted by Crippen LogP contribution is -2.41. The molecule has 0 aliphatic rings. The molecule has 9 nitrogen and oxygen atoms in total. The zero-order chi connectivity index (χ0) is 40.1. The monoisotopic (exact) mass is 776 g/mol. The summed E-state index contributed by atoms with van der Waals surface area (Å²) in [6.45, 7) is 10.6. The van der Waals surface area contributed by atoms with Gasteiger partial charge in [-0.05, 0) is 64.2 Å². The zero-order valence-corrected chi connectivity index (χ0v) is 36.1. The van der Waals surface area contributed by atoms with Gasteiger partial charge in [-0.15, -0.1) is 0 Å². The molecule has 322 valence electrons. The van der Waals surface area contributed by atoms with Crippen molar-refractivity contribution in [3.63, 3.8) is 0 Å². The van der Waals surface area contributed by atoms with Gasteiger partial charge in [-0.1, -0.05) is 134 Å². The molecule has 0 bridgehead atoms. The molecule has 0 aliphatic carbocycles. The van der Waals surface area contributed by atoms with Crippen molar-refractivity contribution < 1.29 is 19.5 Å². The van der Waals surface area contributed by atoms with Crippen molar-refractivity contribution in [3.05, 3.63) is 24.3 Å². The number of carboxylic acid groups (broad SMARTS) is 1. The Kier molecular flexibility index (Phi) is 42.7. The fourth-order valence-electron chi connectivity index (χ4n) is 6.61. The first-order chi connectivity index (χ1) is 27.0. The summed E-state index contributed by atoms with van der Waals surface area (Å²) in [7, 11) is 0. The molecule has 5 N–H and O–H groups in total. The maximum Gasteiger partial charge on any atom is 0.304 e. The van der Waals surface area contributed by atoms with Gasteiger partial charge in [0.2, 0.25) is 11.8 Å². The van der Waals surface area contributed by atoms with Gasteiger partial charge in [0.15, 0.2) is 0 Å². The predicted octanol–water partition coefficient (Wildman–Crippen LogP) is 9.86. The highest BCUT2D eigenvalue weighted by Crippen LogP contribution is 2.11. The number of rotatable bonds is 44. The van der Waals surface area contributed by atoms with Crippen LogP contribution in [0.2, 0.25) is 0 Å². The molecule has 0 radical (unpaired) electrons. The van der Waals surface area contributed by atoms with Gasteiger partial charge in [-0.25, -0.2) is 0 Å². The van der Waals surface area contributed by atoms with Gasteiger partial charge in [0.1, 0.15) is 0 Å². The fraction of sp³-hybridized carbons (Fsp3) is 0.848. The lowest BCUT2D eigenvalue weighted by molar-refractivity contribution is -0.137. The SMILES string of the molecule is CCCCCCCC=CCCCCCCCC(=O)NCCNCCN(CCNCCNC(=O)CCCCCCCC=CCCCCCCCC)CCC(=O)O. The number of amides is 2. The van der Waals surface area contributed by atoms with Gasteiger partial charge in [0.25, 0.3) is 0 Å². The van der Waals surface area contributed by atoms with Crippen LogP contribution in [0.5, 0.6) is 0 Å². The number of hydrogen-bond acceptors (Lipinski definition) is 6. The Morgan fingerprint density at radius 1 is 0.418 bits per heavy atom. The maximum atomic E-state index is 12.2. The van der Waals surface area contributed by atoms with Crippen molar-refractivity contribution in [1.29, 1.82) is 0 Å². The van der Waals surface area contributed by atoms with E-state index in [-0.39, 0.29) is 18.2 Å². The molecule has 55 heavy (non-hydrogen) atoms. The molecule has 0 aromatic carbocycles. The summed E-state index contributed by atoms with van der Waals surface area (Å²) in [6.07, 6.45) is 41.9. The summed E-state index contributed by atoms with van der Waals surface area (Å²) < 4.78 is 0. The minimum atomic E-state index is -0.793. The van der Waals surface area contributed by atoms with Gasteiger partial charge in [0, 0.05) is 71.7 Å². The van der Waals surface area contributed by atoms with Crippen molar-refractivity contribution >= 4 is 17.8 Å². The van der Waals surface area contributed by atoms with E-state index < -0.39 is 5.97 Å². The molecule has 0 atom stereocenters. The fourth-order valence-corrected chi connectivity index (χ4v) is 6.61. The van der Waals surface area contributed by atoms with Gasteiger partial charge in [-0.2, -0.15) is 0 Å². The zero-order valence-electron chi connectivity index (χ0n) is 36.1. The molecule has 0 saturated carbocycles. The number of nitrogens with one attached hydrogen (secondary N) is 4. The third-order valence-electron chi connectivity index (χ3n) is 10.2. The summed E-state index contributed by atoms with van der Waals surface area (Å²) in [6, 6.07) is 0. The van der Waals surface area contributed by atoms with E-state index in [1.807, 2.05) is 0 Å². The van der Waals surface area contributed by atoms with Crippen LogP contribution >= 0.6 is 0 Å². The third-order valence-corrected chi connectivity index (χ3v) is 10.2. The van der Waals surface area contributed by atoms with E-state index in [0.717, 1.165) is 51.9 Å². The van der Waals surface area contributed by atoms with Crippen LogP contribution in [0.1, 0.15) is 194 Å². The number of carboxylic acids is 1. The van der Waals surface area contributed by atoms with Crippen LogP contribution in [0.15, 0.2) is 24.3 Å². The topological polar surface area (TPSA) is 123 Å². The minimum absolute atomic E-state index is 0.110. The Bertz CT molecular complexity index is 913. The summed E-state index contributed by atoms with van der Waals surface area (Å²) in [5, 5.41) is 21.9. The first-order valence-corrected chi connectivity index (χ1v) is 23.2. The number of carbonyl (C=O) groups excluding carboxylic acids is 2. The van der Waals surface area contributed by atoms with Crippen LogP contribution < -0.4 is 21.3 Å². The van der Waals surface area contributed by atoms with Crippen LogP contribution in [0.3, 0.4) is 0 Å². The van der Waals surface area contributed by atoms with Gasteiger partial charge in [0.05, 0.1) is 6.42 Å². The van der Waals surface area contributed by atoms with E-state index in [2.05, 4.69) is 64.3 Å². The highest BCUT2D eigenvalue weighted by atomic mass is 16.4. The van der Waals surface area contributed by atoms with Crippen LogP contribution in [-0.4, -0.2) is 86.7 Å². The van der Waals surface area contributed by atoms with E-state index in [1.54, 1.807) is 0 Å². The molecule has 0 aliphatic heterocycles. The number of unbranched alkanes of at least 4 members (excludes halogenated alkanes) is 21. The van der Waals surface area contributed by atoms with Crippen molar-refractivity contribution in [3.8, 4) is 0 Å². The number of carbonyl (C=O) groups is 3. The van der Waals surface area contributed by atoms with E-state index in [4.69, 9.17) is 5.11 Å². The molecule has 2 amide bonds. The molecule has 0 unspecified atom stereocenters. The Balaban J connectivity index is 3.72. The second-order valence-corrected chi connectivity index (χ2v) is 15.5. The number of nitrogens with zero attached hydrogens (tertiary/aromatic N) is 1. The molecule has 9 heteroatoms. The summed E-state index contributed by atoms with van der Waals surface area (Å²) in [5.74, 6) is -0.548. The quantitative estimate of drug-likeness (QED) is 0.0309. The average molecular weight is 776 g/mol. The molecule has 0 heterocycles. The second kappa shape index (κ2) is 44.5. The number of hydrogen-bond donors (Lipinski definition) is 5. The van der Waals surface area contributed by atoms with Crippen LogP contribution in [-0.2, 0) is 14.4 Å². The van der Waals surface area contributed by atoms with E-state index in [1.165, 1.54) is 135 Å². The minimum Gasteiger partial charge on any atom is -0.481 e. The number of allylic oxidation sites excluding steroid dienone is 4. The van der Waals surface area contributed by atoms with Gasteiger partial charge >= 0.3 is 5.97 Å². The lowest BCUT2D eigenvalue weighted by Gasteiger charge is -2.22. The third kappa shape index (κ3) is 44.4. The second-order valence-electron chi connectivity index (χ2n) is 15.5. The molecule has 0 rings (SSSR count). The molecular formula is C46H89N5O4. The highest BCUT2D eigenvalue weighted by molar-refractivity contribution is 5.76. The molecular weight excluding hydrogens is 687 g/mol. The summed E-state index contributed by atoms with van der Waals surface area (Å²) in [4.78, 5) is 37.7. The van der Waals surface area contributed by atoms with Crippen molar-refractivity contribution in [2.75, 3.05) is 58.9 Å². The highest BCUT2D eigenvalue weighted by Gasteiger charge is 2.08. The van der Waals surface area contributed by atoms with Gasteiger partial charge < -0.3 is 31.3 Å². The normalized spacial score (nSPS) is 11.7. The first kappa shape index (κ1) is 52.8. The van der Waals surface area contributed by atoms with E-state index in [9.17, 15) is 14.4 Å². The van der Waals surface area contributed by atoms with Crippen molar-refractivity contribution in [2.45, 2.75) is 194 Å². The smallest absolute Gasteiger partial charge is 0.304 e. The Hall–Kier alpha value is -2.23.